The van der Waals surface area contributed by atoms with Crippen molar-refractivity contribution >= 4 is 44.6 Å². The van der Waals surface area contributed by atoms with Gasteiger partial charge in [-0.2, -0.15) is 0 Å². The maximum absolute atomic E-state index is 12.9. The second-order valence-corrected chi connectivity index (χ2v) is 12.6. The highest BCUT2D eigenvalue weighted by atomic mass is 32.2. The van der Waals surface area contributed by atoms with Crippen LogP contribution in [0.4, 0.5) is 11.4 Å². The largest absolute Gasteiger partial charge is 0.493 e. The van der Waals surface area contributed by atoms with E-state index in [1.807, 2.05) is 65.8 Å². The number of aryl methyl sites for hydroxylation is 4. The van der Waals surface area contributed by atoms with Gasteiger partial charge in [0, 0.05) is 16.8 Å². The zero-order valence-electron chi connectivity index (χ0n) is 23.3. The van der Waals surface area contributed by atoms with Gasteiger partial charge in [-0.1, -0.05) is 32.0 Å². The fraction of sp³-hybridized carbons (Fsp3) is 0.333. The summed E-state index contributed by atoms with van der Waals surface area (Å²) < 4.78 is 34.1. The molecular formula is C30H37N3O4S2. The fourth-order valence-electron chi connectivity index (χ4n) is 4.07. The quantitative estimate of drug-likeness (QED) is 0.193. The van der Waals surface area contributed by atoms with E-state index in [2.05, 4.69) is 15.4 Å². The number of carbonyl (C=O) groups excluding carboxylic acids is 1. The smallest absolute Gasteiger partial charge is 0.261 e. The van der Waals surface area contributed by atoms with Crippen LogP contribution >= 0.6 is 12.2 Å². The molecule has 3 rings (SSSR count). The van der Waals surface area contributed by atoms with Gasteiger partial charge >= 0.3 is 0 Å². The first-order valence-corrected chi connectivity index (χ1v) is 14.7. The first kappa shape index (κ1) is 30.1. The van der Waals surface area contributed by atoms with Crippen LogP contribution < -0.4 is 20.1 Å². The van der Waals surface area contributed by atoms with Crippen molar-refractivity contribution in [2.75, 3.05) is 16.6 Å². The molecule has 1 amide bonds. The van der Waals surface area contributed by atoms with Crippen LogP contribution in [0.5, 0.6) is 5.75 Å². The summed E-state index contributed by atoms with van der Waals surface area (Å²) in [5.41, 5.74) is 4.57. The lowest BCUT2D eigenvalue weighted by molar-refractivity contribution is -0.128. The molecule has 0 unspecified atom stereocenters. The maximum atomic E-state index is 12.9. The van der Waals surface area contributed by atoms with E-state index >= 15 is 0 Å². The molecule has 0 saturated heterocycles. The molecule has 7 nitrogen and oxygen atoms in total. The van der Waals surface area contributed by atoms with Gasteiger partial charge in [0.25, 0.3) is 10.0 Å². The Morgan fingerprint density at radius 1 is 0.872 bits per heavy atom. The highest BCUT2D eigenvalue weighted by Crippen LogP contribution is 2.25. The van der Waals surface area contributed by atoms with E-state index in [1.165, 1.54) is 12.1 Å². The number of anilines is 2. The number of sulfonamides is 1. The van der Waals surface area contributed by atoms with Crippen LogP contribution in [0.15, 0.2) is 65.6 Å². The normalized spacial score (nSPS) is 11.5. The number of benzene rings is 3. The van der Waals surface area contributed by atoms with E-state index in [-0.39, 0.29) is 15.9 Å². The van der Waals surface area contributed by atoms with Crippen molar-refractivity contribution in [2.45, 2.75) is 59.3 Å². The summed E-state index contributed by atoms with van der Waals surface area (Å²) in [6, 6.07) is 17.8. The third-order valence-electron chi connectivity index (χ3n) is 6.29. The van der Waals surface area contributed by atoms with Crippen molar-refractivity contribution in [3.63, 3.8) is 0 Å². The van der Waals surface area contributed by atoms with Crippen LogP contribution in [0, 0.1) is 33.1 Å². The summed E-state index contributed by atoms with van der Waals surface area (Å²) in [6.07, 6.45) is 1.33. The summed E-state index contributed by atoms with van der Waals surface area (Å²) in [4.78, 5) is 13.0. The third kappa shape index (κ3) is 8.80. The first-order valence-electron chi connectivity index (χ1n) is 12.8. The number of thiocarbonyl (C=S) groups is 1. The molecule has 0 aromatic heterocycles. The number of amides is 1. The Hall–Kier alpha value is -3.43. The molecule has 0 atom stereocenters. The Morgan fingerprint density at radius 2 is 1.51 bits per heavy atom. The lowest BCUT2D eigenvalue weighted by atomic mass is 9.87. The van der Waals surface area contributed by atoms with Gasteiger partial charge in [0.2, 0.25) is 5.91 Å². The van der Waals surface area contributed by atoms with Crippen molar-refractivity contribution in [3.8, 4) is 5.75 Å². The minimum absolute atomic E-state index is 0.117. The van der Waals surface area contributed by atoms with Crippen LogP contribution in [-0.2, 0) is 14.8 Å². The molecule has 0 saturated carbocycles. The van der Waals surface area contributed by atoms with Gasteiger partial charge in [0.1, 0.15) is 5.75 Å². The highest BCUT2D eigenvalue weighted by molar-refractivity contribution is 7.92. The van der Waals surface area contributed by atoms with Crippen LogP contribution in [-0.4, -0.2) is 26.0 Å². The lowest BCUT2D eigenvalue weighted by Gasteiger charge is -2.24. The molecule has 0 aliphatic rings. The molecule has 0 heterocycles. The van der Waals surface area contributed by atoms with E-state index in [9.17, 15) is 13.2 Å². The monoisotopic (exact) mass is 567 g/mol. The van der Waals surface area contributed by atoms with Gasteiger partial charge in [-0.05, 0) is 117 Å². The molecule has 0 aliphatic carbocycles. The molecule has 208 valence electrons. The van der Waals surface area contributed by atoms with Crippen LogP contribution in [0.2, 0.25) is 0 Å². The highest BCUT2D eigenvalue weighted by Gasteiger charge is 2.28. The molecule has 0 bridgehead atoms. The maximum Gasteiger partial charge on any atom is 0.261 e. The van der Waals surface area contributed by atoms with Gasteiger partial charge in [-0.25, -0.2) is 8.42 Å². The second kappa shape index (κ2) is 12.6. The Labute approximate surface area is 237 Å². The molecular weight excluding hydrogens is 530 g/mol. The number of carbonyl (C=O) groups is 1. The topological polar surface area (TPSA) is 96.5 Å². The van der Waals surface area contributed by atoms with Crippen LogP contribution in [0.25, 0.3) is 0 Å². The number of hydrogen-bond acceptors (Lipinski definition) is 5. The van der Waals surface area contributed by atoms with Gasteiger partial charge in [-0.15, -0.1) is 0 Å². The molecule has 39 heavy (non-hydrogen) atoms. The van der Waals surface area contributed by atoms with Crippen molar-refractivity contribution in [1.82, 2.24) is 5.32 Å². The molecule has 3 aromatic rings. The van der Waals surface area contributed by atoms with Crippen LogP contribution in [0.1, 0.15) is 48.9 Å². The molecule has 0 aliphatic heterocycles. The zero-order valence-corrected chi connectivity index (χ0v) is 25.0. The molecule has 0 spiro atoms. The average Bonchev–Trinajstić information content (AvgIpc) is 2.83. The Kier molecular flexibility index (Phi) is 9.74. The number of hydrogen-bond donors (Lipinski definition) is 3. The molecule has 3 aromatic carbocycles. The summed E-state index contributed by atoms with van der Waals surface area (Å²) in [6.45, 7) is 12.1. The Balaban J connectivity index is 1.50. The number of nitrogens with one attached hydrogen (secondary N) is 3. The van der Waals surface area contributed by atoms with E-state index < -0.39 is 15.4 Å². The summed E-state index contributed by atoms with van der Waals surface area (Å²) >= 11 is 5.33. The van der Waals surface area contributed by atoms with E-state index in [4.69, 9.17) is 17.0 Å². The van der Waals surface area contributed by atoms with Crippen molar-refractivity contribution < 1.29 is 17.9 Å². The zero-order chi connectivity index (χ0) is 28.8. The van der Waals surface area contributed by atoms with Crippen molar-refractivity contribution in [3.05, 3.63) is 82.9 Å². The SMILES string of the molecule is Cc1cc(C)cc(NS(=O)(=O)c2ccc(NC(=S)NC(=O)C(C)(C)CCCOc3cc(C)ccc3C)cc2)c1. The minimum Gasteiger partial charge on any atom is -0.493 e. The molecule has 0 fully saturated rings. The standard InChI is InChI=1S/C30H37N3O4S2/c1-20-8-9-23(4)27(19-20)37-15-7-14-30(5,6)28(34)32-29(38)31-24-10-12-26(13-11-24)39(35,36)33-25-17-21(2)16-22(3)18-25/h8-13,16-19,33H,7,14-15H2,1-6H3,(H2,31,32,34,38). The predicted octanol–water partition coefficient (Wildman–Crippen LogP) is 6.42. The second-order valence-electron chi connectivity index (χ2n) is 10.5. The van der Waals surface area contributed by atoms with Gasteiger partial charge in [0.15, 0.2) is 5.11 Å². The van der Waals surface area contributed by atoms with Crippen LogP contribution in [0.3, 0.4) is 0 Å². The molecule has 3 N–H and O–H groups in total. The number of rotatable bonds is 10. The Morgan fingerprint density at radius 3 is 2.15 bits per heavy atom. The summed E-state index contributed by atoms with van der Waals surface area (Å²) in [5.74, 6) is 0.658. The summed E-state index contributed by atoms with van der Waals surface area (Å²) in [5, 5.41) is 5.83. The molecule has 9 heteroatoms. The van der Waals surface area contributed by atoms with Gasteiger partial charge in [-0.3, -0.25) is 9.52 Å². The van der Waals surface area contributed by atoms with Gasteiger partial charge in [0.05, 0.1) is 11.5 Å². The first-order chi connectivity index (χ1) is 18.2. The fourth-order valence-corrected chi connectivity index (χ4v) is 5.32. The molecule has 0 radical (unpaired) electrons. The van der Waals surface area contributed by atoms with Crippen molar-refractivity contribution in [1.29, 1.82) is 0 Å². The Bertz CT molecular complexity index is 1430. The minimum atomic E-state index is -3.75. The van der Waals surface area contributed by atoms with E-state index in [0.29, 0.717) is 30.8 Å². The predicted molar refractivity (Wildman–Crippen MR) is 162 cm³/mol. The average molecular weight is 568 g/mol. The third-order valence-corrected chi connectivity index (χ3v) is 7.89. The van der Waals surface area contributed by atoms with Gasteiger partial charge < -0.3 is 15.4 Å². The lowest BCUT2D eigenvalue weighted by Crippen LogP contribution is -2.42. The van der Waals surface area contributed by atoms with E-state index in [0.717, 1.165) is 28.0 Å². The van der Waals surface area contributed by atoms with E-state index in [1.54, 1.807) is 24.3 Å². The summed E-state index contributed by atoms with van der Waals surface area (Å²) in [7, 11) is -3.75. The number of ether oxygens (including phenoxy) is 1. The van der Waals surface area contributed by atoms with Crippen molar-refractivity contribution in [2.24, 2.45) is 5.41 Å².